The van der Waals surface area contributed by atoms with Crippen molar-refractivity contribution in [3.8, 4) is 0 Å². The first-order valence-corrected chi connectivity index (χ1v) is 9.16. The molecule has 0 heterocycles. The summed E-state index contributed by atoms with van der Waals surface area (Å²) < 4.78 is 28.1. The Morgan fingerprint density at radius 2 is 1.62 bits per heavy atom. The van der Waals surface area contributed by atoms with Crippen molar-refractivity contribution in [2.45, 2.75) is 49.0 Å². The molecule has 0 amide bonds. The third-order valence-electron chi connectivity index (χ3n) is 3.82. The second-order valence-corrected chi connectivity index (χ2v) is 7.96. The summed E-state index contributed by atoms with van der Waals surface area (Å²) in [4.78, 5) is 11.7. The molecule has 5 nitrogen and oxygen atoms in total. The van der Waals surface area contributed by atoms with Crippen LogP contribution in [0.4, 0.5) is 0 Å². The van der Waals surface area contributed by atoms with Crippen LogP contribution in [0.3, 0.4) is 0 Å². The van der Waals surface area contributed by atoms with E-state index in [0.717, 1.165) is 30.2 Å². The Labute approximate surface area is 132 Å². The molecule has 0 unspecified atom stereocenters. The predicted molar refractivity (Wildman–Crippen MR) is 82.5 cm³/mol. The molecule has 116 valence electrons. The number of carbonyl (C=O) groups is 1. The number of halogens is 1. The second kappa shape index (κ2) is 6.46. The van der Waals surface area contributed by atoms with Gasteiger partial charge >= 0.3 is 5.97 Å². The number of carboxylic acids is 1. The van der Waals surface area contributed by atoms with Gasteiger partial charge in [0.15, 0.2) is 0 Å². The van der Waals surface area contributed by atoms with Gasteiger partial charge < -0.3 is 5.11 Å². The van der Waals surface area contributed by atoms with E-state index in [0.29, 0.717) is 12.8 Å². The molecule has 1 saturated carbocycles. The van der Waals surface area contributed by atoms with E-state index < -0.39 is 21.5 Å². The first kappa shape index (κ1) is 16.5. The molecule has 0 spiro atoms. The Morgan fingerprint density at radius 1 is 1.10 bits per heavy atom. The van der Waals surface area contributed by atoms with Gasteiger partial charge in [-0.25, -0.2) is 8.42 Å². The highest BCUT2D eigenvalue weighted by Gasteiger charge is 2.42. The molecule has 0 saturated heterocycles. The summed E-state index contributed by atoms with van der Waals surface area (Å²) in [5, 5.41) is 9.53. The quantitative estimate of drug-likeness (QED) is 0.792. The van der Waals surface area contributed by atoms with Crippen LogP contribution in [0.25, 0.3) is 0 Å². The Balaban J connectivity index is 2.31. The summed E-state index contributed by atoms with van der Waals surface area (Å²) in [5.74, 6) is -1.09. The first-order chi connectivity index (χ1) is 9.86. The largest absolute Gasteiger partial charge is 0.480 e. The molecule has 1 aliphatic rings. The molecule has 21 heavy (non-hydrogen) atoms. The van der Waals surface area contributed by atoms with Gasteiger partial charge in [0.2, 0.25) is 10.0 Å². The summed E-state index contributed by atoms with van der Waals surface area (Å²) in [6, 6.07) is 6.15. The number of nitrogens with one attached hydrogen (secondary N) is 1. The fourth-order valence-electron chi connectivity index (χ4n) is 2.62. The van der Waals surface area contributed by atoms with Crippen LogP contribution < -0.4 is 4.72 Å². The van der Waals surface area contributed by atoms with Crippen LogP contribution in [-0.2, 0) is 14.8 Å². The number of hydrogen-bond acceptors (Lipinski definition) is 3. The summed E-state index contributed by atoms with van der Waals surface area (Å²) in [5.41, 5.74) is -1.39. The van der Waals surface area contributed by atoms with Crippen LogP contribution in [0.2, 0.25) is 0 Å². The van der Waals surface area contributed by atoms with Crippen molar-refractivity contribution < 1.29 is 18.3 Å². The fraction of sp³-hybridized carbons (Fsp3) is 0.500. The minimum absolute atomic E-state index is 0.0792. The van der Waals surface area contributed by atoms with E-state index >= 15 is 0 Å². The molecule has 1 aromatic carbocycles. The van der Waals surface area contributed by atoms with Gasteiger partial charge in [0, 0.05) is 4.47 Å². The lowest BCUT2D eigenvalue weighted by molar-refractivity contribution is -0.144. The van der Waals surface area contributed by atoms with Crippen LogP contribution in [0, 0.1) is 0 Å². The van der Waals surface area contributed by atoms with Crippen molar-refractivity contribution in [2.75, 3.05) is 0 Å². The predicted octanol–water partition coefficient (Wildman–Crippen LogP) is 2.91. The SMILES string of the molecule is O=C(O)C1(NS(=O)(=O)c2ccc(Br)cc2)CCCCCC1. The molecule has 0 aromatic heterocycles. The van der Waals surface area contributed by atoms with Gasteiger partial charge in [-0.05, 0) is 37.1 Å². The molecule has 2 rings (SSSR count). The summed E-state index contributed by atoms with van der Waals surface area (Å²) >= 11 is 3.25. The number of rotatable bonds is 4. The van der Waals surface area contributed by atoms with Gasteiger partial charge in [0.05, 0.1) is 4.90 Å². The summed E-state index contributed by atoms with van der Waals surface area (Å²) in [6.07, 6.45) is 3.98. The van der Waals surface area contributed by atoms with Crippen LogP contribution in [0.1, 0.15) is 38.5 Å². The van der Waals surface area contributed by atoms with Crippen LogP contribution in [-0.4, -0.2) is 25.0 Å². The molecule has 0 radical (unpaired) electrons. The number of benzene rings is 1. The van der Waals surface area contributed by atoms with E-state index in [4.69, 9.17) is 0 Å². The maximum atomic E-state index is 12.4. The van der Waals surface area contributed by atoms with Gasteiger partial charge in [0.25, 0.3) is 0 Å². The number of hydrogen-bond donors (Lipinski definition) is 2. The molecule has 1 fully saturated rings. The first-order valence-electron chi connectivity index (χ1n) is 6.89. The van der Waals surface area contributed by atoms with E-state index in [1.807, 2.05) is 0 Å². The Morgan fingerprint density at radius 3 is 2.10 bits per heavy atom. The molecule has 7 heteroatoms. The van der Waals surface area contributed by atoms with Gasteiger partial charge in [0.1, 0.15) is 5.54 Å². The highest BCUT2D eigenvalue weighted by atomic mass is 79.9. The fourth-order valence-corrected chi connectivity index (χ4v) is 4.30. The average molecular weight is 376 g/mol. The van der Waals surface area contributed by atoms with Gasteiger partial charge in [-0.1, -0.05) is 41.6 Å². The molecule has 0 atom stereocenters. The lowest BCUT2D eigenvalue weighted by atomic mass is 9.92. The average Bonchev–Trinajstić information content (AvgIpc) is 2.65. The summed E-state index contributed by atoms with van der Waals surface area (Å²) in [6.45, 7) is 0. The van der Waals surface area contributed by atoms with Crippen molar-refractivity contribution in [1.29, 1.82) is 0 Å². The topological polar surface area (TPSA) is 83.5 Å². The van der Waals surface area contributed by atoms with Crippen LogP contribution in [0.5, 0.6) is 0 Å². The Hall–Kier alpha value is -0.920. The third-order valence-corrected chi connectivity index (χ3v) is 5.90. The van der Waals surface area contributed by atoms with Crippen LogP contribution in [0.15, 0.2) is 33.6 Å². The van der Waals surface area contributed by atoms with Crippen molar-refractivity contribution in [3.05, 3.63) is 28.7 Å². The van der Waals surface area contributed by atoms with Crippen molar-refractivity contribution in [3.63, 3.8) is 0 Å². The van der Waals surface area contributed by atoms with E-state index in [1.54, 1.807) is 12.1 Å². The lowest BCUT2D eigenvalue weighted by Crippen LogP contribution is -2.54. The molecule has 2 N–H and O–H groups in total. The minimum atomic E-state index is -3.85. The lowest BCUT2D eigenvalue weighted by Gasteiger charge is -2.28. The molecule has 1 aliphatic carbocycles. The van der Waals surface area contributed by atoms with Gasteiger partial charge in [-0.2, -0.15) is 4.72 Å². The zero-order valence-corrected chi connectivity index (χ0v) is 13.9. The Bertz CT molecular complexity index is 604. The standard InChI is InChI=1S/C14H18BrNO4S/c15-11-5-7-12(8-6-11)21(19,20)16-14(13(17)18)9-3-1-2-4-10-14/h5-8,16H,1-4,9-10H2,(H,17,18). The van der Waals surface area contributed by atoms with E-state index in [-0.39, 0.29) is 4.90 Å². The molecule has 1 aromatic rings. The number of carboxylic acid groups (broad SMARTS) is 1. The zero-order valence-electron chi connectivity index (χ0n) is 11.5. The number of aliphatic carboxylic acids is 1. The van der Waals surface area contributed by atoms with Crippen molar-refractivity contribution >= 4 is 31.9 Å². The van der Waals surface area contributed by atoms with Gasteiger partial charge in [-0.3, -0.25) is 4.79 Å². The zero-order chi connectivity index (χ0) is 15.5. The second-order valence-electron chi connectivity index (χ2n) is 5.36. The molecule has 0 bridgehead atoms. The highest BCUT2D eigenvalue weighted by Crippen LogP contribution is 2.29. The molecular formula is C14H18BrNO4S. The van der Waals surface area contributed by atoms with Crippen molar-refractivity contribution in [2.24, 2.45) is 0 Å². The van der Waals surface area contributed by atoms with Crippen molar-refractivity contribution in [1.82, 2.24) is 4.72 Å². The molecule has 0 aliphatic heterocycles. The van der Waals surface area contributed by atoms with E-state index in [9.17, 15) is 18.3 Å². The summed E-state index contributed by atoms with van der Waals surface area (Å²) in [7, 11) is -3.85. The normalized spacial score (nSPS) is 18.9. The Kier molecular flexibility index (Phi) is 5.06. The third kappa shape index (κ3) is 3.84. The smallest absolute Gasteiger partial charge is 0.324 e. The van der Waals surface area contributed by atoms with E-state index in [1.165, 1.54) is 12.1 Å². The highest BCUT2D eigenvalue weighted by molar-refractivity contribution is 9.10. The maximum Gasteiger partial charge on any atom is 0.324 e. The van der Waals surface area contributed by atoms with E-state index in [2.05, 4.69) is 20.7 Å². The minimum Gasteiger partial charge on any atom is -0.480 e. The molecular weight excluding hydrogens is 358 g/mol. The number of sulfonamides is 1. The maximum absolute atomic E-state index is 12.4. The van der Waals surface area contributed by atoms with Crippen LogP contribution >= 0.6 is 15.9 Å². The monoisotopic (exact) mass is 375 g/mol. The van der Waals surface area contributed by atoms with Gasteiger partial charge in [-0.15, -0.1) is 0 Å².